The first kappa shape index (κ1) is 14.5. The number of nitro groups is 1. The molecule has 2 rings (SSSR count). The molecule has 108 valence electrons. The van der Waals surface area contributed by atoms with Crippen LogP contribution in [-0.2, 0) is 4.74 Å². The molecule has 1 aliphatic rings. The number of hydrogen-bond acceptors (Lipinski definition) is 5. The summed E-state index contributed by atoms with van der Waals surface area (Å²) in [5.41, 5.74) is -0.0768. The van der Waals surface area contributed by atoms with Gasteiger partial charge in [0, 0.05) is 25.2 Å². The smallest absolute Gasteiger partial charge is 0.312 e. The monoisotopic (exact) mass is 300 g/mol. The standard InChI is InChI=1S/C12H13ClN2O5/c1-19-11-6-8(9(13)7-10(11)15(17)18)12(16)14-2-4-20-5-3-14/h6-7H,2-5H2,1H3. The number of halogens is 1. The summed E-state index contributed by atoms with van der Waals surface area (Å²) in [5.74, 6) is -0.275. The molecular weight excluding hydrogens is 288 g/mol. The average Bonchev–Trinajstić information content (AvgIpc) is 2.47. The van der Waals surface area contributed by atoms with E-state index in [4.69, 9.17) is 21.1 Å². The number of amides is 1. The molecule has 0 unspecified atom stereocenters. The maximum Gasteiger partial charge on any atom is 0.312 e. The van der Waals surface area contributed by atoms with Gasteiger partial charge in [0.2, 0.25) is 0 Å². The highest BCUT2D eigenvalue weighted by molar-refractivity contribution is 6.34. The number of carbonyl (C=O) groups excluding carboxylic acids is 1. The molecule has 0 aliphatic carbocycles. The Labute approximate surface area is 120 Å². The Balaban J connectivity index is 2.36. The molecular formula is C12H13ClN2O5. The molecule has 0 aromatic heterocycles. The highest BCUT2D eigenvalue weighted by Crippen LogP contribution is 2.33. The first-order chi connectivity index (χ1) is 9.54. The minimum Gasteiger partial charge on any atom is -0.490 e. The van der Waals surface area contributed by atoms with E-state index in [2.05, 4.69) is 0 Å². The van der Waals surface area contributed by atoms with Crippen molar-refractivity contribution in [1.29, 1.82) is 0 Å². The van der Waals surface area contributed by atoms with Crippen LogP contribution in [0.3, 0.4) is 0 Å². The van der Waals surface area contributed by atoms with E-state index in [1.54, 1.807) is 4.90 Å². The summed E-state index contributed by atoms with van der Waals surface area (Å²) < 4.78 is 10.1. The second kappa shape index (κ2) is 6.06. The number of nitro benzene ring substituents is 1. The normalized spacial score (nSPS) is 15.0. The van der Waals surface area contributed by atoms with Crippen LogP contribution in [0.5, 0.6) is 5.75 Å². The van der Waals surface area contributed by atoms with Crippen molar-refractivity contribution < 1.29 is 19.2 Å². The number of hydrogen-bond donors (Lipinski definition) is 0. The molecule has 0 atom stereocenters. The van der Waals surface area contributed by atoms with Crippen molar-refractivity contribution in [2.24, 2.45) is 0 Å². The maximum atomic E-state index is 12.3. The maximum absolute atomic E-state index is 12.3. The molecule has 7 nitrogen and oxygen atoms in total. The van der Waals surface area contributed by atoms with Gasteiger partial charge in [-0.1, -0.05) is 11.6 Å². The largest absolute Gasteiger partial charge is 0.490 e. The van der Waals surface area contributed by atoms with Gasteiger partial charge in [0.1, 0.15) is 0 Å². The SMILES string of the molecule is COc1cc(C(=O)N2CCOCC2)c(Cl)cc1[N+](=O)[O-]. The minimum atomic E-state index is -0.603. The van der Waals surface area contributed by atoms with E-state index in [-0.39, 0.29) is 27.9 Å². The number of carbonyl (C=O) groups is 1. The molecule has 8 heteroatoms. The molecule has 0 radical (unpaired) electrons. The van der Waals surface area contributed by atoms with Crippen LogP contribution in [0, 0.1) is 10.1 Å². The van der Waals surface area contributed by atoms with Gasteiger partial charge in [0.05, 0.1) is 35.8 Å². The predicted octanol–water partition coefficient (Wildman–Crippen LogP) is 1.73. The quantitative estimate of drug-likeness (QED) is 0.627. The van der Waals surface area contributed by atoms with E-state index in [9.17, 15) is 14.9 Å². The lowest BCUT2D eigenvalue weighted by molar-refractivity contribution is -0.385. The van der Waals surface area contributed by atoms with E-state index in [1.807, 2.05) is 0 Å². The molecule has 1 aromatic rings. The Morgan fingerprint density at radius 2 is 2.10 bits per heavy atom. The van der Waals surface area contributed by atoms with Gasteiger partial charge in [-0.2, -0.15) is 0 Å². The summed E-state index contributed by atoms with van der Waals surface area (Å²) in [7, 11) is 1.30. The second-order valence-electron chi connectivity index (χ2n) is 4.17. The van der Waals surface area contributed by atoms with Crippen LogP contribution in [0.15, 0.2) is 12.1 Å². The fourth-order valence-corrected chi connectivity index (χ4v) is 2.19. The Hall–Kier alpha value is -1.86. The van der Waals surface area contributed by atoms with Gasteiger partial charge < -0.3 is 14.4 Å². The van der Waals surface area contributed by atoms with Crippen molar-refractivity contribution in [2.45, 2.75) is 0 Å². The fourth-order valence-electron chi connectivity index (χ4n) is 1.95. The van der Waals surface area contributed by atoms with E-state index in [1.165, 1.54) is 13.2 Å². The number of nitrogens with zero attached hydrogens (tertiary/aromatic N) is 2. The lowest BCUT2D eigenvalue weighted by Crippen LogP contribution is -2.40. The van der Waals surface area contributed by atoms with Gasteiger partial charge in [0.25, 0.3) is 5.91 Å². The number of ether oxygens (including phenoxy) is 2. The van der Waals surface area contributed by atoms with Crippen molar-refractivity contribution in [3.63, 3.8) is 0 Å². The van der Waals surface area contributed by atoms with E-state index in [0.717, 1.165) is 6.07 Å². The van der Waals surface area contributed by atoms with Crippen LogP contribution in [0.4, 0.5) is 5.69 Å². The average molecular weight is 301 g/mol. The molecule has 1 aromatic carbocycles. The van der Waals surface area contributed by atoms with Crippen LogP contribution in [0.2, 0.25) is 5.02 Å². The zero-order chi connectivity index (χ0) is 14.7. The third-order valence-corrected chi connectivity index (χ3v) is 3.31. The van der Waals surface area contributed by atoms with Gasteiger partial charge in [-0.05, 0) is 0 Å². The number of rotatable bonds is 3. The lowest BCUT2D eigenvalue weighted by Gasteiger charge is -2.27. The van der Waals surface area contributed by atoms with Crippen molar-refractivity contribution in [3.8, 4) is 5.75 Å². The Bertz CT molecular complexity index is 543. The molecule has 1 fully saturated rings. The van der Waals surface area contributed by atoms with E-state index >= 15 is 0 Å². The molecule has 1 saturated heterocycles. The molecule has 0 spiro atoms. The van der Waals surface area contributed by atoms with E-state index < -0.39 is 4.92 Å². The molecule has 20 heavy (non-hydrogen) atoms. The Morgan fingerprint density at radius 1 is 1.45 bits per heavy atom. The van der Waals surface area contributed by atoms with Gasteiger partial charge in [-0.3, -0.25) is 14.9 Å². The van der Waals surface area contributed by atoms with Crippen LogP contribution in [0.25, 0.3) is 0 Å². The third-order valence-electron chi connectivity index (χ3n) is 2.99. The summed E-state index contributed by atoms with van der Waals surface area (Å²) in [5, 5.41) is 10.9. The van der Waals surface area contributed by atoms with Crippen LogP contribution in [0.1, 0.15) is 10.4 Å². The minimum absolute atomic E-state index is 0.0102. The Morgan fingerprint density at radius 3 is 2.65 bits per heavy atom. The highest BCUT2D eigenvalue weighted by atomic mass is 35.5. The topological polar surface area (TPSA) is 81.9 Å². The van der Waals surface area contributed by atoms with Crippen LogP contribution >= 0.6 is 11.6 Å². The number of methoxy groups -OCH3 is 1. The summed E-state index contributed by atoms with van der Waals surface area (Å²) in [6, 6.07) is 2.44. The molecule has 0 saturated carbocycles. The number of morpholine rings is 1. The summed E-state index contributed by atoms with van der Waals surface area (Å²) in [4.78, 5) is 24.2. The predicted molar refractivity (Wildman–Crippen MR) is 71.4 cm³/mol. The fraction of sp³-hybridized carbons (Fsp3) is 0.417. The molecule has 1 aliphatic heterocycles. The van der Waals surface area contributed by atoms with E-state index in [0.29, 0.717) is 26.3 Å². The first-order valence-corrected chi connectivity index (χ1v) is 6.31. The van der Waals surface area contributed by atoms with Gasteiger partial charge in [0.15, 0.2) is 5.75 Å². The molecule has 0 bridgehead atoms. The van der Waals surface area contributed by atoms with Gasteiger partial charge in [-0.15, -0.1) is 0 Å². The van der Waals surface area contributed by atoms with Crippen LogP contribution < -0.4 is 4.74 Å². The highest BCUT2D eigenvalue weighted by Gasteiger charge is 2.25. The Kier molecular flexibility index (Phi) is 4.41. The van der Waals surface area contributed by atoms with Crippen molar-refractivity contribution in [2.75, 3.05) is 33.4 Å². The van der Waals surface area contributed by atoms with Crippen molar-refractivity contribution in [3.05, 3.63) is 32.8 Å². The molecule has 0 N–H and O–H groups in total. The second-order valence-corrected chi connectivity index (χ2v) is 4.57. The summed E-state index contributed by atoms with van der Waals surface area (Å²) in [6.45, 7) is 1.86. The van der Waals surface area contributed by atoms with Gasteiger partial charge in [-0.25, -0.2) is 0 Å². The third kappa shape index (κ3) is 2.83. The summed E-state index contributed by atoms with van der Waals surface area (Å²) >= 11 is 5.98. The number of benzene rings is 1. The molecule has 1 amide bonds. The van der Waals surface area contributed by atoms with Gasteiger partial charge >= 0.3 is 5.69 Å². The van der Waals surface area contributed by atoms with Crippen molar-refractivity contribution >= 4 is 23.2 Å². The van der Waals surface area contributed by atoms with Crippen LogP contribution in [-0.4, -0.2) is 49.1 Å². The molecule has 1 heterocycles. The zero-order valence-electron chi connectivity index (χ0n) is 10.8. The summed E-state index contributed by atoms with van der Waals surface area (Å²) in [6.07, 6.45) is 0. The lowest BCUT2D eigenvalue weighted by atomic mass is 10.1. The zero-order valence-corrected chi connectivity index (χ0v) is 11.6. The first-order valence-electron chi connectivity index (χ1n) is 5.93. The van der Waals surface area contributed by atoms with Crippen molar-refractivity contribution in [1.82, 2.24) is 4.90 Å².